The van der Waals surface area contributed by atoms with Gasteiger partial charge in [0.15, 0.2) is 5.96 Å². The first-order valence-electron chi connectivity index (χ1n) is 9.50. The zero-order valence-corrected chi connectivity index (χ0v) is 18.5. The molecule has 2 heterocycles. The number of aliphatic imine (C=N–C) groups is 1. The Bertz CT molecular complexity index is 773. The van der Waals surface area contributed by atoms with Gasteiger partial charge in [-0.2, -0.15) is 0 Å². The number of rotatable bonds is 6. The van der Waals surface area contributed by atoms with Crippen LogP contribution in [0.1, 0.15) is 26.2 Å². The molecule has 1 saturated heterocycles. The van der Waals surface area contributed by atoms with Gasteiger partial charge < -0.3 is 20.1 Å². The second-order valence-corrected chi connectivity index (χ2v) is 6.74. The number of carbonyl (C=O) groups excluding carboxylic acids is 1. The van der Waals surface area contributed by atoms with Crippen LogP contribution in [0, 0.1) is 0 Å². The van der Waals surface area contributed by atoms with E-state index < -0.39 is 0 Å². The molecule has 1 aromatic heterocycles. The number of amides is 1. The van der Waals surface area contributed by atoms with Crippen molar-refractivity contribution in [3.63, 3.8) is 0 Å². The van der Waals surface area contributed by atoms with E-state index >= 15 is 0 Å². The van der Waals surface area contributed by atoms with Crippen LogP contribution in [0.15, 0.2) is 41.5 Å². The van der Waals surface area contributed by atoms with Crippen molar-refractivity contribution >= 4 is 46.7 Å². The Kier molecular flexibility index (Phi) is 8.40. The van der Waals surface area contributed by atoms with E-state index in [1.807, 2.05) is 11.8 Å². The monoisotopic (exact) mass is 483 g/mol. The topological polar surface area (TPSA) is 61.7 Å². The van der Waals surface area contributed by atoms with Gasteiger partial charge >= 0.3 is 0 Å². The molecule has 6 nitrogen and oxygen atoms in total. The molecular formula is C20H30IN5O. The summed E-state index contributed by atoms with van der Waals surface area (Å²) in [5.74, 6) is 1.05. The van der Waals surface area contributed by atoms with Gasteiger partial charge in [-0.15, -0.1) is 24.0 Å². The molecule has 0 radical (unpaired) electrons. The number of benzene rings is 1. The molecule has 3 rings (SSSR count). The van der Waals surface area contributed by atoms with E-state index in [9.17, 15) is 4.79 Å². The molecule has 0 saturated carbocycles. The average Bonchev–Trinajstić information content (AvgIpc) is 3.30. The highest BCUT2D eigenvalue weighted by Gasteiger charge is 2.25. The summed E-state index contributed by atoms with van der Waals surface area (Å²) in [6.07, 6.45) is 4.72. The van der Waals surface area contributed by atoms with Gasteiger partial charge in [0.1, 0.15) is 0 Å². The van der Waals surface area contributed by atoms with E-state index in [1.165, 1.54) is 10.9 Å². The average molecular weight is 483 g/mol. The fourth-order valence-electron chi connectivity index (χ4n) is 3.51. The van der Waals surface area contributed by atoms with Gasteiger partial charge in [0.25, 0.3) is 0 Å². The number of nitrogens with one attached hydrogen (secondary N) is 2. The van der Waals surface area contributed by atoms with Crippen LogP contribution in [0.3, 0.4) is 0 Å². The molecule has 1 atom stereocenters. The number of aromatic nitrogens is 1. The maximum Gasteiger partial charge on any atom is 0.222 e. The highest BCUT2D eigenvalue weighted by Crippen LogP contribution is 2.15. The van der Waals surface area contributed by atoms with Gasteiger partial charge in [-0.1, -0.05) is 25.1 Å². The van der Waals surface area contributed by atoms with Gasteiger partial charge in [-0.25, -0.2) is 0 Å². The molecule has 27 heavy (non-hydrogen) atoms. The Morgan fingerprint density at radius 3 is 2.89 bits per heavy atom. The molecule has 1 aromatic carbocycles. The lowest BCUT2D eigenvalue weighted by molar-refractivity contribution is -0.129. The van der Waals surface area contributed by atoms with Crippen LogP contribution in [0.5, 0.6) is 0 Å². The summed E-state index contributed by atoms with van der Waals surface area (Å²) in [5.41, 5.74) is 1.28. The van der Waals surface area contributed by atoms with E-state index in [4.69, 9.17) is 0 Å². The normalized spacial score (nSPS) is 17.0. The van der Waals surface area contributed by atoms with Gasteiger partial charge in [-0.05, 0) is 30.4 Å². The molecule has 1 unspecified atom stereocenters. The third kappa shape index (κ3) is 5.60. The summed E-state index contributed by atoms with van der Waals surface area (Å²) < 4.78 is 2.29. The predicted molar refractivity (Wildman–Crippen MR) is 122 cm³/mol. The molecule has 2 aromatic rings. The minimum absolute atomic E-state index is 0. The standard InChI is InChI=1S/C20H29N5O.HI/c1-3-19(26)25-14-10-17(15-25)23-20(21-2)22-11-6-12-24-13-9-16-7-4-5-8-18(16)24;/h4-5,7-9,13,17H,3,6,10-12,14-15H2,1-2H3,(H2,21,22,23);1H. The molecule has 148 valence electrons. The molecule has 0 aliphatic carbocycles. The summed E-state index contributed by atoms with van der Waals surface area (Å²) in [6.45, 7) is 5.35. The van der Waals surface area contributed by atoms with Crippen molar-refractivity contribution in [1.82, 2.24) is 20.1 Å². The number of hydrogen-bond acceptors (Lipinski definition) is 2. The lowest BCUT2D eigenvalue weighted by Gasteiger charge is -2.18. The number of aryl methyl sites for hydroxylation is 1. The minimum atomic E-state index is 0. The second-order valence-electron chi connectivity index (χ2n) is 6.74. The number of carbonyl (C=O) groups is 1. The van der Waals surface area contributed by atoms with Crippen molar-refractivity contribution < 1.29 is 4.79 Å². The summed E-state index contributed by atoms with van der Waals surface area (Å²) >= 11 is 0. The van der Waals surface area contributed by atoms with Crippen molar-refractivity contribution in [3.8, 4) is 0 Å². The molecule has 0 spiro atoms. The Morgan fingerprint density at radius 2 is 2.11 bits per heavy atom. The maximum absolute atomic E-state index is 11.8. The van der Waals surface area contributed by atoms with Crippen LogP contribution in [0.2, 0.25) is 0 Å². The number of halogens is 1. The number of likely N-dealkylation sites (tertiary alicyclic amines) is 1. The van der Waals surface area contributed by atoms with Crippen LogP contribution in [0.4, 0.5) is 0 Å². The zero-order chi connectivity index (χ0) is 18.4. The Morgan fingerprint density at radius 1 is 1.30 bits per heavy atom. The summed E-state index contributed by atoms with van der Waals surface area (Å²) in [7, 11) is 1.79. The number of fused-ring (bicyclic) bond motifs is 1. The summed E-state index contributed by atoms with van der Waals surface area (Å²) in [6, 6.07) is 10.9. The van der Waals surface area contributed by atoms with E-state index in [0.717, 1.165) is 45.0 Å². The zero-order valence-electron chi connectivity index (χ0n) is 16.1. The first-order chi connectivity index (χ1) is 12.7. The van der Waals surface area contributed by atoms with Crippen LogP contribution in [-0.4, -0.2) is 54.1 Å². The Labute approximate surface area is 178 Å². The van der Waals surface area contributed by atoms with E-state index in [2.05, 4.69) is 56.7 Å². The molecule has 1 aliphatic rings. The van der Waals surface area contributed by atoms with E-state index in [1.54, 1.807) is 7.05 Å². The fraction of sp³-hybridized carbons (Fsp3) is 0.500. The van der Waals surface area contributed by atoms with Crippen molar-refractivity contribution in [1.29, 1.82) is 0 Å². The molecule has 7 heteroatoms. The van der Waals surface area contributed by atoms with Crippen LogP contribution >= 0.6 is 24.0 Å². The quantitative estimate of drug-likeness (QED) is 0.288. The Hall–Kier alpha value is -1.77. The van der Waals surface area contributed by atoms with Gasteiger partial charge in [0, 0.05) is 57.4 Å². The third-order valence-corrected chi connectivity index (χ3v) is 4.96. The van der Waals surface area contributed by atoms with E-state index in [0.29, 0.717) is 6.42 Å². The van der Waals surface area contributed by atoms with Crippen LogP contribution < -0.4 is 10.6 Å². The number of guanidine groups is 1. The first-order valence-corrected chi connectivity index (χ1v) is 9.50. The maximum atomic E-state index is 11.8. The number of nitrogens with zero attached hydrogens (tertiary/aromatic N) is 3. The summed E-state index contributed by atoms with van der Waals surface area (Å²) in [5, 5.41) is 8.11. The second kappa shape index (κ2) is 10.5. The van der Waals surface area contributed by atoms with Crippen molar-refractivity contribution in [2.75, 3.05) is 26.7 Å². The van der Waals surface area contributed by atoms with Crippen LogP contribution in [-0.2, 0) is 11.3 Å². The van der Waals surface area contributed by atoms with Gasteiger partial charge in [-0.3, -0.25) is 9.79 Å². The fourth-order valence-corrected chi connectivity index (χ4v) is 3.51. The van der Waals surface area contributed by atoms with Gasteiger partial charge in [0.05, 0.1) is 0 Å². The largest absolute Gasteiger partial charge is 0.356 e. The molecule has 2 N–H and O–H groups in total. The lowest BCUT2D eigenvalue weighted by atomic mass is 10.2. The third-order valence-electron chi connectivity index (χ3n) is 4.96. The molecule has 1 aliphatic heterocycles. The lowest BCUT2D eigenvalue weighted by Crippen LogP contribution is -2.45. The summed E-state index contributed by atoms with van der Waals surface area (Å²) in [4.78, 5) is 18.0. The smallest absolute Gasteiger partial charge is 0.222 e. The molecule has 1 amide bonds. The Balaban J connectivity index is 0.00000261. The highest BCUT2D eigenvalue weighted by molar-refractivity contribution is 14.0. The predicted octanol–water partition coefficient (Wildman–Crippen LogP) is 2.83. The molecule has 1 fully saturated rings. The number of para-hydroxylation sites is 1. The highest BCUT2D eigenvalue weighted by atomic mass is 127. The SMILES string of the molecule is CCC(=O)N1CCC(NC(=NC)NCCCn2ccc3ccccc32)C1.I. The van der Waals surface area contributed by atoms with Gasteiger partial charge in [0.2, 0.25) is 5.91 Å². The number of hydrogen-bond donors (Lipinski definition) is 2. The molecule has 0 bridgehead atoms. The van der Waals surface area contributed by atoms with E-state index in [-0.39, 0.29) is 35.9 Å². The minimum Gasteiger partial charge on any atom is -0.356 e. The van der Waals surface area contributed by atoms with Crippen molar-refractivity contribution in [2.45, 2.75) is 38.8 Å². The molecular weight excluding hydrogens is 453 g/mol. The first kappa shape index (κ1) is 21.5. The van der Waals surface area contributed by atoms with Crippen molar-refractivity contribution in [3.05, 3.63) is 36.5 Å². The van der Waals surface area contributed by atoms with Crippen LogP contribution in [0.25, 0.3) is 10.9 Å². The van der Waals surface area contributed by atoms with Crippen molar-refractivity contribution in [2.24, 2.45) is 4.99 Å².